The van der Waals surface area contributed by atoms with Gasteiger partial charge in [-0.15, -0.1) is 0 Å². The molecule has 8 amide bonds. The molecule has 40 nitrogen and oxygen atoms in total. The van der Waals surface area contributed by atoms with Gasteiger partial charge in [-0.05, 0) is 154 Å². The van der Waals surface area contributed by atoms with Gasteiger partial charge in [-0.25, -0.2) is 4.79 Å². The minimum atomic E-state index is -2.45. The lowest BCUT2D eigenvalue weighted by atomic mass is 9.84. The lowest BCUT2D eigenvalue weighted by Crippen LogP contribution is -2.65. The van der Waals surface area contributed by atoms with Gasteiger partial charge < -0.3 is 159 Å². The number of nitrogens with two attached hydrogens (primary N) is 3. The zero-order valence-corrected chi connectivity index (χ0v) is 74.1. The first-order chi connectivity index (χ1) is 62.6. The molecule has 7 aromatic rings. The Balaban J connectivity index is 1.02. The summed E-state index contributed by atoms with van der Waals surface area (Å²) in [7, 11) is 1.36. The Morgan fingerprint density at radius 2 is 1.26 bits per heavy atom. The standard InChI is InChI=1S/C89H103Cl3N12O28/c1-37(106)23-53(96-6)80(117)103-70-72(112)44-14-19-57(51(91)25-44)127-59-27-46-28-60(76(59)132-87-77(74(114)73(113)61(35-105)129-87)131-65-33-89(5,79(116)39(3)126-65)98-34-40-7-9-41(10-8-40)42-11-16-47(90)17-12-42)128-58-20-15-45(26-52(58)92)75(130-64-32-88(4,95)78(115)38(2)125-64)71-85(122)102-69(86(123)124-36-63(111)97-22-21-93)50-29-48(107)30-56(109)66(50)49-24-43(13-18-55(49)108)67(82(119)104-71)101-83(120)68(46)100-81(118)54(31-62(94)110)99-84(70)121/h7-20,24-30,37-39,53-54,61,64-65,67-75,77-79,87,96,98,105-109,112-116H,21-23,31-36,93,95H2,1-6H3,(H2,94,110)(H,97,111)(H,99,121)(H,100,118)(H,101,120)(H,102,122)(H,103,117)(H,104,119)/t37?,38-,39-,53+,54-,61+,64-,65-,67+,68+,69-,70+,71-,72+,73+,74-,75+,77+,78-,79-,87?,88-,89-/m0/s1. The molecule has 0 aliphatic carbocycles. The quantitative estimate of drug-likeness (QED) is 0.0406. The Hall–Kier alpha value is -11.2. The molecule has 0 aromatic heterocycles. The van der Waals surface area contributed by atoms with E-state index < -0.39 is 296 Å². The molecule has 23 atom stereocenters. The molecule has 0 radical (unpaired) electrons. The number of aliphatic hydroxyl groups is 7. The van der Waals surface area contributed by atoms with Crippen LogP contribution in [0.15, 0.2) is 127 Å². The minimum absolute atomic E-state index is 0.0489. The fourth-order valence-electron chi connectivity index (χ4n) is 16.5. The van der Waals surface area contributed by atoms with Crippen LogP contribution < -0.4 is 79.3 Å². The number of benzene rings is 7. The molecule has 15 rings (SSSR count). The molecule has 708 valence electrons. The maximum Gasteiger partial charge on any atom is 0.333 e. The molecule has 43 heteroatoms. The first kappa shape index (κ1) is 98.3. The number of aromatic hydroxyl groups is 3. The lowest BCUT2D eigenvalue weighted by molar-refractivity contribution is -0.334. The van der Waals surface area contributed by atoms with E-state index in [4.69, 9.17) is 94.6 Å². The van der Waals surface area contributed by atoms with Crippen LogP contribution in [-0.2, 0) is 78.1 Å². The third-order valence-corrected chi connectivity index (χ3v) is 24.4. The van der Waals surface area contributed by atoms with Crippen LogP contribution in [0.2, 0.25) is 15.1 Å². The number of carbonyl (C=O) groups is 9. The molecular formula is C89H103Cl3N12O28. The van der Waals surface area contributed by atoms with E-state index in [1.807, 2.05) is 36.4 Å². The minimum Gasteiger partial charge on any atom is -0.508 e. The molecule has 132 heavy (non-hydrogen) atoms. The molecule has 3 saturated heterocycles. The molecule has 0 spiro atoms. The Morgan fingerprint density at radius 3 is 1.88 bits per heavy atom. The van der Waals surface area contributed by atoms with E-state index in [1.54, 1.807) is 26.0 Å². The number of esters is 1. The Kier molecular flexibility index (Phi) is 30.9. The highest BCUT2D eigenvalue weighted by atomic mass is 35.5. The molecule has 25 N–H and O–H groups in total. The molecular weight excluding hydrogens is 1790 g/mol. The number of nitrogens with one attached hydrogen (secondary N) is 9. The summed E-state index contributed by atoms with van der Waals surface area (Å²) in [6, 6.07) is 13.7. The number of aliphatic hydroxyl groups excluding tert-OH is 7. The topological polar surface area (TPSA) is 625 Å². The van der Waals surface area contributed by atoms with Crippen LogP contribution in [0.5, 0.6) is 46.0 Å². The molecule has 0 saturated carbocycles. The Labute approximate surface area is 769 Å². The second-order valence-electron chi connectivity index (χ2n) is 33.6. The highest BCUT2D eigenvalue weighted by molar-refractivity contribution is 6.32. The first-order valence-corrected chi connectivity index (χ1v) is 43.2. The Bertz CT molecular complexity index is 5480. The van der Waals surface area contributed by atoms with Gasteiger partial charge in [-0.3, -0.25) is 38.4 Å². The number of phenolic OH excluding ortho intramolecular Hbond substituents is 3. The molecule has 3 fully saturated rings. The Morgan fingerprint density at radius 1 is 0.652 bits per heavy atom. The largest absolute Gasteiger partial charge is 0.508 e. The summed E-state index contributed by atoms with van der Waals surface area (Å²) < 4.78 is 58.6. The summed E-state index contributed by atoms with van der Waals surface area (Å²) >= 11 is 20.9. The van der Waals surface area contributed by atoms with Crippen molar-refractivity contribution in [3.63, 3.8) is 0 Å². The molecule has 8 aliphatic heterocycles. The molecule has 2 unspecified atom stereocenters. The van der Waals surface area contributed by atoms with E-state index in [0.717, 1.165) is 77.4 Å². The van der Waals surface area contributed by atoms with E-state index >= 15 is 24.0 Å². The van der Waals surface area contributed by atoms with Crippen molar-refractivity contribution >= 4 is 88.0 Å². The maximum absolute atomic E-state index is 16.7. The normalized spacial score (nSPS) is 28.9. The van der Waals surface area contributed by atoms with E-state index in [1.165, 1.54) is 46.0 Å². The summed E-state index contributed by atoms with van der Waals surface area (Å²) in [4.78, 5) is 136. The van der Waals surface area contributed by atoms with Crippen LogP contribution >= 0.6 is 34.8 Å². The fourth-order valence-corrected chi connectivity index (χ4v) is 17.1. The average Bonchev–Trinajstić information content (AvgIpc) is 0.747. The number of amides is 8. The van der Waals surface area contributed by atoms with E-state index in [0.29, 0.717) is 5.02 Å². The van der Waals surface area contributed by atoms with Gasteiger partial charge in [-0.1, -0.05) is 89.4 Å². The fraction of sp³-hybridized carbons (Fsp3) is 0.427. The summed E-state index contributed by atoms with van der Waals surface area (Å²) in [5.41, 5.74) is 15.0. The lowest BCUT2D eigenvalue weighted by Gasteiger charge is -2.48. The van der Waals surface area contributed by atoms with Crippen molar-refractivity contribution in [2.75, 3.05) is 33.4 Å². The van der Waals surface area contributed by atoms with Crippen LogP contribution in [0.3, 0.4) is 0 Å². The van der Waals surface area contributed by atoms with Crippen LogP contribution in [0.1, 0.15) is 124 Å². The maximum atomic E-state index is 16.7. The predicted molar refractivity (Wildman–Crippen MR) is 467 cm³/mol. The summed E-state index contributed by atoms with van der Waals surface area (Å²) in [6.07, 6.45) is -25.1. The van der Waals surface area contributed by atoms with E-state index in [9.17, 15) is 70.2 Å². The van der Waals surface area contributed by atoms with Crippen LogP contribution in [0.25, 0.3) is 22.3 Å². The molecule has 7 aromatic carbocycles. The number of carbonyl (C=O) groups excluding carboxylic acids is 9. The number of hydrogen-bond donors (Lipinski definition) is 22. The van der Waals surface area contributed by atoms with Crippen LogP contribution in [0.4, 0.5) is 0 Å². The van der Waals surface area contributed by atoms with Crippen molar-refractivity contribution in [3.8, 4) is 68.2 Å². The summed E-state index contributed by atoms with van der Waals surface area (Å²) in [6.45, 7) is 5.54. The van der Waals surface area contributed by atoms with Gasteiger partial charge in [0, 0.05) is 71.3 Å². The summed E-state index contributed by atoms with van der Waals surface area (Å²) in [5, 5.41) is 141. The zero-order chi connectivity index (χ0) is 95.4. The predicted octanol–water partition coefficient (Wildman–Crippen LogP) is 1.75. The van der Waals surface area contributed by atoms with Gasteiger partial charge in [0.1, 0.15) is 89.5 Å². The van der Waals surface area contributed by atoms with Gasteiger partial charge in [-0.2, -0.15) is 0 Å². The monoisotopic (exact) mass is 1890 g/mol. The van der Waals surface area contributed by atoms with Gasteiger partial charge >= 0.3 is 5.97 Å². The second kappa shape index (κ2) is 41.5. The third kappa shape index (κ3) is 22.2. The molecule has 8 aliphatic rings. The average molecular weight is 1900 g/mol. The molecule has 8 heterocycles. The van der Waals surface area contributed by atoms with Crippen molar-refractivity contribution in [2.45, 2.75) is 206 Å². The number of hydrogen-bond acceptors (Lipinski definition) is 32. The van der Waals surface area contributed by atoms with Crippen molar-refractivity contribution in [2.24, 2.45) is 17.2 Å². The zero-order valence-electron chi connectivity index (χ0n) is 71.8. The van der Waals surface area contributed by atoms with Gasteiger partial charge in [0.25, 0.3) is 5.91 Å². The smallest absolute Gasteiger partial charge is 0.333 e. The third-order valence-electron chi connectivity index (χ3n) is 23.6. The molecule has 11 bridgehead atoms. The summed E-state index contributed by atoms with van der Waals surface area (Å²) in [5.74, 6) is -17.2. The number of phenols is 3. The first-order valence-electron chi connectivity index (χ1n) is 42.1. The van der Waals surface area contributed by atoms with E-state index in [-0.39, 0.29) is 50.0 Å². The highest BCUT2D eigenvalue weighted by Gasteiger charge is 2.53. The van der Waals surface area contributed by atoms with Crippen LogP contribution in [0, 0.1) is 0 Å². The van der Waals surface area contributed by atoms with E-state index in [2.05, 4.69) is 47.9 Å². The van der Waals surface area contributed by atoms with Crippen molar-refractivity contribution in [1.29, 1.82) is 0 Å². The number of halogens is 3. The number of ether oxygens (including phenoxy) is 9. The number of rotatable bonds is 23. The van der Waals surface area contributed by atoms with Gasteiger partial charge in [0.05, 0.1) is 59.6 Å². The number of fused-ring (bicyclic) bond motifs is 15. The van der Waals surface area contributed by atoms with Gasteiger partial charge in [0.15, 0.2) is 42.8 Å². The van der Waals surface area contributed by atoms with Gasteiger partial charge in [0.2, 0.25) is 53.4 Å². The van der Waals surface area contributed by atoms with Crippen LogP contribution in [-0.4, -0.2) is 247 Å². The SMILES string of the molecule is CN[C@H](CC(C)O)C(=O)N[C@H]1C(=O)N[C@@H](CC(N)=O)C(=O)N[C@H]2C(=O)N[C@H]3C(=O)N[C@H](C(=O)N[C@H](C(=O)OCC(=O)NCCN)c4cc(O)cc(O)c4-c4cc3ccc4O)[C@H](O[C@H]3C[C@](C)(N)[C@@H](O)[C@H](C)O3)c3ccc(c(Cl)c3)Oc3cc2cc(c3OC2O[C@H](CO)[C@@H](O)[C@H](O)[C@H]2O[C@H]2C[C@](C)(NCc3ccc(-c4ccc(Cl)cc4)cc3)[C@@H](O)[C@H](C)O2)Oc2ccc(cc2Cl)[C@H]1O. The van der Waals surface area contributed by atoms with Crippen molar-refractivity contribution in [1.82, 2.24) is 47.9 Å². The van der Waals surface area contributed by atoms with Crippen molar-refractivity contribution < 1.29 is 137 Å². The van der Waals surface area contributed by atoms with Crippen molar-refractivity contribution in [3.05, 3.63) is 176 Å². The number of primary amides is 1. The second-order valence-corrected chi connectivity index (χ2v) is 34.8. The number of likely N-dealkylation sites (N-methyl/N-ethyl adjacent to an activating group) is 1. The highest BCUT2D eigenvalue weighted by Crippen LogP contribution is 2.51.